The number of β-lactam (4-membered cyclic amide) rings is 1. The number of hydrogen-bond donors (Lipinski definition) is 2. The van der Waals surface area contributed by atoms with Gasteiger partial charge in [-0.3, -0.25) is 4.79 Å². The highest BCUT2D eigenvalue weighted by Gasteiger charge is 2.56. The second-order valence-electron chi connectivity index (χ2n) is 8.97. The molecule has 4 unspecified atom stereocenters. The molecule has 3 aliphatic rings. The molecule has 0 radical (unpaired) electrons. The van der Waals surface area contributed by atoms with Crippen LogP contribution in [0, 0.1) is 17.8 Å². The fraction of sp³-hybridized carbons (Fsp3) is 0.682. The average Bonchev–Trinajstić information content (AvgIpc) is 2.72. The first-order valence-corrected chi connectivity index (χ1v) is 11.3. The highest BCUT2D eigenvalue weighted by atomic mass is 35.5. The summed E-state index contributed by atoms with van der Waals surface area (Å²) in [5, 5.41) is 12.2. The number of alkyl halides is 3. The molecule has 3 rings (SSSR count). The Hall–Kier alpha value is -2.03. The maximum absolute atomic E-state index is 13.6. The van der Waals surface area contributed by atoms with Crippen molar-refractivity contribution in [3.63, 3.8) is 0 Å². The van der Waals surface area contributed by atoms with Crippen molar-refractivity contribution in [1.29, 1.82) is 0 Å². The zero-order chi connectivity index (χ0) is 23.6. The van der Waals surface area contributed by atoms with E-state index < -0.39 is 48.0 Å². The molecule has 10 heteroatoms. The van der Waals surface area contributed by atoms with Gasteiger partial charge in [0.15, 0.2) is 6.04 Å². The van der Waals surface area contributed by atoms with Crippen LogP contribution >= 0.6 is 11.6 Å². The van der Waals surface area contributed by atoms with E-state index >= 15 is 0 Å². The Morgan fingerprint density at radius 2 is 1.88 bits per heavy atom. The second kappa shape index (κ2) is 9.85. The molecule has 32 heavy (non-hydrogen) atoms. The molecule has 4 atom stereocenters. The number of carbonyl (C=O) groups is 3. The van der Waals surface area contributed by atoms with E-state index in [1.807, 2.05) is 18.3 Å². The van der Waals surface area contributed by atoms with Crippen LogP contribution in [0.4, 0.5) is 18.0 Å². The SMILES string of the molecule is CC1=CC=C(Cl)CC1CCC1C(=O)N(C(=O)NC(C2CCCCC2)C(F)(F)F)C1C(=O)O. The summed E-state index contributed by atoms with van der Waals surface area (Å²) in [7, 11) is 0. The predicted octanol–water partition coefficient (Wildman–Crippen LogP) is 4.99. The van der Waals surface area contributed by atoms with E-state index in [1.165, 1.54) is 0 Å². The molecule has 6 nitrogen and oxygen atoms in total. The van der Waals surface area contributed by atoms with Crippen LogP contribution in [0.3, 0.4) is 0 Å². The van der Waals surface area contributed by atoms with Crippen LogP contribution in [0.2, 0.25) is 0 Å². The monoisotopic (exact) mass is 476 g/mol. The predicted molar refractivity (Wildman–Crippen MR) is 112 cm³/mol. The average molecular weight is 477 g/mol. The quantitative estimate of drug-likeness (QED) is 0.529. The largest absolute Gasteiger partial charge is 0.480 e. The number of amides is 3. The second-order valence-corrected chi connectivity index (χ2v) is 9.45. The fourth-order valence-electron chi connectivity index (χ4n) is 5.01. The summed E-state index contributed by atoms with van der Waals surface area (Å²) in [6.45, 7) is 1.92. The minimum Gasteiger partial charge on any atom is -0.480 e. The minimum atomic E-state index is -4.68. The van der Waals surface area contributed by atoms with E-state index in [0.29, 0.717) is 48.5 Å². The summed E-state index contributed by atoms with van der Waals surface area (Å²) in [4.78, 5) is 37.4. The van der Waals surface area contributed by atoms with Gasteiger partial charge in [0.1, 0.15) is 6.04 Å². The number of nitrogens with zero attached hydrogens (tertiary/aromatic N) is 1. The molecule has 1 heterocycles. The molecule has 1 saturated heterocycles. The van der Waals surface area contributed by atoms with Gasteiger partial charge in [0.25, 0.3) is 0 Å². The van der Waals surface area contributed by atoms with E-state index in [0.717, 1.165) is 12.0 Å². The Balaban J connectivity index is 1.66. The van der Waals surface area contributed by atoms with Crippen molar-refractivity contribution in [2.45, 2.75) is 76.6 Å². The summed E-state index contributed by atoms with van der Waals surface area (Å²) in [5.41, 5.74) is 1.06. The van der Waals surface area contributed by atoms with Crippen LogP contribution in [0.1, 0.15) is 58.3 Å². The molecule has 0 spiro atoms. The van der Waals surface area contributed by atoms with Gasteiger partial charge < -0.3 is 10.4 Å². The Morgan fingerprint density at radius 1 is 1.22 bits per heavy atom. The van der Waals surface area contributed by atoms with Crippen LogP contribution in [-0.4, -0.2) is 46.2 Å². The van der Waals surface area contributed by atoms with E-state index in [1.54, 1.807) is 6.08 Å². The summed E-state index contributed by atoms with van der Waals surface area (Å²) in [6.07, 6.45) is 3.06. The van der Waals surface area contributed by atoms with E-state index in [9.17, 15) is 32.7 Å². The number of halogens is 4. The lowest BCUT2D eigenvalue weighted by Crippen LogP contribution is -2.69. The molecule has 1 saturated carbocycles. The Morgan fingerprint density at radius 3 is 2.47 bits per heavy atom. The molecule has 2 aliphatic carbocycles. The number of likely N-dealkylation sites (tertiary alicyclic amines) is 1. The highest BCUT2D eigenvalue weighted by molar-refractivity contribution is 6.29. The topological polar surface area (TPSA) is 86.7 Å². The van der Waals surface area contributed by atoms with Crippen molar-refractivity contribution in [2.75, 3.05) is 0 Å². The van der Waals surface area contributed by atoms with Crippen molar-refractivity contribution in [3.8, 4) is 0 Å². The first-order chi connectivity index (χ1) is 15.0. The zero-order valence-corrected chi connectivity index (χ0v) is 18.6. The maximum atomic E-state index is 13.6. The molecule has 0 bridgehead atoms. The third kappa shape index (κ3) is 5.30. The van der Waals surface area contributed by atoms with Crippen molar-refractivity contribution in [1.82, 2.24) is 10.2 Å². The number of hydrogen-bond acceptors (Lipinski definition) is 3. The van der Waals surface area contributed by atoms with E-state index in [-0.39, 0.29) is 12.3 Å². The van der Waals surface area contributed by atoms with Crippen LogP contribution in [-0.2, 0) is 9.59 Å². The first-order valence-electron chi connectivity index (χ1n) is 11.0. The Labute approximate surface area is 189 Å². The van der Waals surface area contributed by atoms with Crippen molar-refractivity contribution in [2.24, 2.45) is 17.8 Å². The van der Waals surface area contributed by atoms with Crippen LogP contribution in [0.25, 0.3) is 0 Å². The Bertz CT molecular complexity index is 820. The molecule has 1 aliphatic heterocycles. The van der Waals surface area contributed by atoms with Gasteiger partial charge in [-0.15, -0.1) is 0 Å². The lowest BCUT2D eigenvalue weighted by atomic mass is 9.79. The van der Waals surface area contributed by atoms with Gasteiger partial charge in [-0.25, -0.2) is 14.5 Å². The number of carboxylic acids is 1. The van der Waals surface area contributed by atoms with Crippen molar-refractivity contribution in [3.05, 3.63) is 22.8 Å². The van der Waals surface area contributed by atoms with E-state index in [2.05, 4.69) is 0 Å². The number of carbonyl (C=O) groups excluding carboxylic acids is 2. The lowest BCUT2D eigenvalue weighted by Gasteiger charge is -2.44. The highest BCUT2D eigenvalue weighted by Crippen LogP contribution is 2.38. The molecule has 0 aromatic carbocycles. The molecule has 2 fully saturated rings. The van der Waals surface area contributed by atoms with Crippen LogP contribution in [0.15, 0.2) is 22.8 Å². The minimum absolute atomic E-state index is 0.0542. The molecular weight excluding hydrogens is 449 g/mol. The smallest absolute Gasteiger partial charge is 0.408 e. The number of rotatable bonds is 6. The normalized spacial score (nSPS) is 27.8. The Kier molecular flexibility index (Phi) is 7.57. The fourth-order valence-corrected chi connectivity index (χ4v) is 5.26. The maximum Gasteiger partial charge on any atom is 0.408 e. The third-order valence-corrected chi connectivity index (χ3v) is 7.16. The zero-order valence-electron chi connectivity index (χ0n) is 17.8. The molecule has 2 N–H and O–H groups in total. The number of urea groups is 1. The third-order valence-electron chi connectivity index (χ3n) is 6.88. The number of allylic oxidation sites excluding steroid dienone is 4. The summed E-state index contributed by atoms with van der Waals surface area (Å²) in [6, 6.07) is -4.85. The standard InChI is InChI=1S/C22H28ClF3N2O4/c1-12-7-9-15(23)11-14(12)8-10-16-17(20(30)31)28(19(16)29)21(32)27-18(22(24,25)26)13-5-3-2-4-6-13/h7,9,13-14,16-18H,2-6,8,10-11H2,1H3,(H,27,32)(H,30,31). The number of aliphatic carboxylic acids is 1. The molecule has 0 aromatic heterocycles. The van der Waals surface area contributed by atoms with Gasteiger partial charge in [0.2, 0.25) is 5.91 Å². The van der Waals surface area contributed by atoms with Gasteiger partial charge in [-0.05, 0) is 56.9 Å². The number of carboxylic acid groups (broad SMARTS) is 1. The van der Waals surface area contributed by atoms with E-state index in [4.69, 9.17) is 11.6 Å². The number of nitrogens with one attached hydrogen (secondary N) is 1. The van der Waals surface area contributed by atoms with Gasteiger partial charge in [-0.1, -0.05) is 42.5 Å². The number of imide groups is 1. The van der Waals surface area contributed by atoms with Gasteiger partial charge >= 0.3 is 18.2 Å². The summed E-state index contributed by atoms with van der Waals surface area (Å²) in [5.74, 6) is -3.83. The van der Waals surface area contributed by atoms with Crippen LogP contribution < -0.4 is 5.32 Å². The molecular formula is C22H28ClF3N2O4. The van der Waals surface area contributed by atoms with Crippen LogP contribution in [0.5, 0.6) is 0 Å². The molecule has 0 aromatic rings. The van der Waals surface area contributed by atoms with Gasteiger partial charge in [0.05, 0.1) is 5.92 Å². The first kappa shape index (κ1) is 24.6. The summed E-state index contributed by atoms with van der Waals surface area (Å²) >= 11 is 6.06. The molecule has 3 amide bonds. The molecule has 178 valence electrons. The van der Waals surface area contributed by atoms with Crippen molar-refractivity contribution >= 4 is 29.5 Å². The van der Waals surface area contributed by atoms with Crippen molar-refractivity contribution < 1.29 is 32.7 Å². The lowest BCUT2D eigenvalue weighted by molar-refractivity contribution is -0.173. The van der Waals surface area contributed by atoms with Gasteiger partial charge in [-0.2, -0.15) is 13.2 Å². The van der Waals surface area contributed by atoms with Gasteiger partial charge in [0, 0.05) is 5.03 Å². The summed E-state index contributed by atoms with van der Waals surface area (Å²) < 4.78 is 40.9.